The lowest BCUT2D eigenvalue weighted by Gasteiger charge is -2.23. The summed E-state index contributed by atoms with van der Waals surface area (Å²) in [5.74, 6) is -0.0403. The molecule has 0 aliphatic carbocycles. The van der Waals surface area contributed by atoms with Crippen molar-refractivity contribution in [2.75, 3.05) is 13.1 Å². The number of Topliss-reactive ketones (excluding diaryl/α,β-unsaturated/α-hetero) is 1. The molecule has 0 radical (unpaired) electrons. The lowest BCUT2D eigenvalue weighted by molar-refractivity contribution is -0.117. The average molecular weight is 344 g/mol. The highest BCUT2D eigenvalue weighted by Crippen LogP contribution is 2.25. The molecule has 0 amide bonds. The van der Waals surface area contributed by atoms with E-state index in [-0.39, 0.29) is 36.5 Å². The van der Waals surface area contributed by atoms with Gasteiger partial charge >= 0.3 is 5.69 Å². The van der Waals surface area contributed by atoms with Crippen LogP contribution in [0.15, 0.2) is 23.0 Å². The number of fused-ring (bicyclic) bond motifs is 1. The molecule has 1 N–H and O–H groups in total. The van der Waals surface area contributed by atoms with E-state index in [0.717, 1.165) is 37.0 Å². The Morgan fingerprint density at radius 3 is 2.64 bits per heavy atom. The van der Waals surface area contributed by atoms with Crippen LogP contribution in [0.1, 0.15) is 25.8 Å². The van der Waals surface area contributed by atoms with Gasteiger partial charge in [-0.15, -0.1) is 12.4 Å². The van der Waals surface area contributed by atoms with Crippen LogP contribution in [-0.4, -0.2) is 28.0 Å². The van der Waals surface area contributed by atoms with Crippen molar-refractivity contribution in [2.24, 2.45) is 0 Å². The minimum Gasteiger partial charge on any atom is -0.317 e. The van der Waals surface area contributed by atoms with Gasteiger partial charge in [-0.2, -0.15) is 0 Å². The molecule has 0 spiro atoms. The SMILES string of the molecule is CC(=O)Cn1c(=O)n(C2CCNCC2)c2ccc(Cl)cc21.Cl. The molecule has 1 saturated heterocycles. The second-order valence-corrected chi connectivity index (χ2v) is 5.99. The van der Waals surface area contributed by atoms with E-state index < -0.39 is 0 Å². The van der Waals surface area contributed by atoms with E-state index in [1.165, 1.54) is 11.5 Å². The predicted molar refractivity (Wildman–Crippen MR) is 90.3 cm³/mol. The normalized spacial score (nSPS) is 15.7. The molecule has 2 heterocycles. The lowest BCUT2D eigenvalue weighted by atomic mass is 10.1. The third-order valence-electron chi connectivity index (χ3n) is 3.98. The average Bonchev–Trinajstić information content (AvgIpc) is 2.72. The van der Waals surface area contributed by atoms with Crippen molar-refractivity contribution in [3.63, 3.8) is 0 Å². The first-order valence-corrected chi connectivity index (χ1v) is 7.56. The van der Waals surface area contributed by atoms with Crippen LogP contribution in [0.2, 0.25) is 5.02 Å². The zero-order valence-electron chi connectivity index (χ0n) is 12.3. The molecule has 0 atom stereocenters. The second-order valence-electron chi connectivity index (χ2n) is 5.55. The molecule has 5 nitrogen and oxygen atoms in total. The highest BCUT2D eigenvalue weighted by atomic mass is 35.5. The van der Waals surface area contributed by atoms with E-state index in [2.05, 4.69) is 5.32 Å². The molecule has 0 saturated carbocycles. The van der Waals surface area contributed by atoms with Crippen molar-refractivity contribution in [3.05, 3.63) is 33.7 Å². The number of hydrogen-bond donors (Lipinski definition) is 1. The van der Waals surface area contributed by atoms with E-state index in [1.807, 2.05) is 10.6 Å². The number of halogens is 2. The largest absolute Gasteiger partial charge is 0.329 e. The van der Waals surface area contributed by atoms with E-state index >= 15 is 0 Å². The number of ketones is 1. The van der Waals surface area contributed by atoms with E-state index in [1.54, 1.807) is 12.1 Å². The highest BCUT2D eigenvalue weighted by molar-refractivity contribution is 6.31. The smallest absolute Gasteiger partial charge is 0.317 e. The topological polar surface area (TPSA) is 56.0 Å². The van der Waals surface area contributed by atoms with Gasteiger partial charge in [-0.05, 0) is 51.1 Å². The summed E-state index contributed by atoms with van der Waals surface area (Å²) in [5.41, 5.74) is 1.48. The number of carbonyl (C=O) groups is 1. The van der Waals surface area contributed by atoms with Crippen LogP contribution >= 0.6 is 24.0 Å². The van der Waals surface area contributed by atoms with Crippen LogP contribution in [-0.2, 0) is 11.3 Å². The zero-order valence-corrected chi connectivity index (χ0v) is 13.9. The summed E-state index contributed by atoms with van der Waals surface area (Å²) in [6, 6.07) is 5.60. The lowest BCUT2D eigenvalue weighted by Crippen LogP contribution is -2.35. The molecular formula is C15H19Cl2N3O2. The van der Waals surface area contributed by atoms with Gasteiger partial charge in [0, 0.05) is 11.1 Å². The molecule has 0 bridgehead atoms. The Balaban J connectivity index is 0.00000176. The Morgan fingerprint density at radius 2 is 2.00 bits per heavy atom. The Hall–Kier alpha value is -1.30. The quantitative estimate of drug-likeness (QED) is 0.930. The van der Waals surface area contributed by atoms with E-state index in [0.29, 0.717) is 5.02 Å². The molecule has 0 unspecified atom stereocenters. The van der Waals surface area contributed by atoms with E-state index in [4.69, 9.17) is 11.6 Å². The minimum absolute atomic E-state index is 0. The van der Waals surface area contributed by atoms with Gasteiger partial charge in [-0.25, -0.2) is 4.79 Å². The predicted octanol–water partition coefficient (Wildman–Crippen LogP) is 2.39. The fraction of sp³-hybridized carbons (Fsp3) is 0.467. The van der Waals surface area contributed by atoms with Gasteiger partial charge in [0.15, 0.2) is 0 Å². The fourth-order valence-corrected chi connectivity index (χ4v) is 3.21. The minimum atomic E-state index is -0.116. The Bertz CT molecular complexity index is 745. The maximum Gasteiger partial charge on any atom is 0.329 e. The van der Waals surface area contributed by atoms with Gasteiger partial charge < -0.3 is 5.32 Å². The van der Waals surface area contributed by atoms with Crippen molar-refractivity contribution in [2.45, 2.75) is 32.4 Å². The third kappa shape index (κ3) is 3.07. The molecule has 1 aromatic heterocycles. The molecule has 1 fully saturated rings. The number of piperidine rings is 1. The summed E-state index contributed by atoms with van der Waals surface area (Å²) in [6.45, 7) is 3.40. The number of imidazole rings is 1. The number of benzene rings is 1. The number of aromatic nitrogens is 2. The molecule has 1 aliphatic heterocycles. The number of nitrogens with one attached hydrogen (secondary N) is 1. The van der Waals surface area contributed by atoms with Crippen LogP contribution in [0.4, 0.5) is 0 Å². The molecule has 1 aromatic carbocycles. The maximum absolute atomic E-state index is 12.7. The van der Waals surface area contributed by atoms with Crippen molar-refractivity contribution in [3.8, 4) is 0 Å². The van der Waals surface area contributed by atoms with E-state index in [9.17, 15) is 9.59 Å². The summed E-state index contributed by atoms with van der Waals surface area (Å²) in [4.78, 5) is 24.2. The first kappa shape index (κ1) is 17.1. The zero-order chi connectivity index (χ0) is 15.0. The molecule has 2 aromatic rings. The maximum atomic E-state index is 12.7. The standard InChI is InChI=1S/C15H18ClN3O2.ClH/c1-10(20)9-18-14-8-11(16)2-3-13(14)19(15(18)21)12-4-6-17-7-5-12;/h2-3,8,12,17H,4-7,9H2,1H3;1H. The van der Waals surface area contributed by atoms with Crippen molar-refractivity contribution in [1.29, 1.82) is 0 Å². The first-order valence-electron chi connectivity index (χ1n) is 7.18. The van der Waals surface area contributed by atoms with Crippen LogP contribution in [0, 0.1) is 0 Å². The van der Waals surface area contributed by atoms with Crippen molar-refractivity contribution < 1.29 is 4.79 Å². The van der Waals surface area contributed by atoms with Gasteiger partial charge in [0.25, 0.3) is 0 Å². The van der Waals surface area contributed by atoms with Gasteiger partial charge in [0.2, 0.25) is 0 Å². The van der Waals surface area contributed by atoms with Gasteiger partial charge in [-0.1, -0.05) is 11.6 Å². The molecular weight excluding hydrogens is 325 g/mol. The Kier molecular flexibility index (Phi) is 5.32. The molecule has 1 aliphatic rings. The number of rotatable bonds is 3. The Labute approximate surface area is 139 Å². The highest BCUT2D eigenvalue weighted by Gasteiger charge is 2.22. The van der Waals surface area contributed by atoms with Crippen LogP contribution in [0.25, 0.3) is 11.0 Å². The summed E-state index contributed by atoms with van der Waals surface area (Å²) in [6.07, 6.45) is 1.84. The van der Waals surface area contributed by atoms with Crippen LogP contribution in [0.5, 0.6) is 0 Å². The summed E-state index contributed by atoms with van der Waals surface area (Å²) in [7, 11) is 0. The number of hydrogen-bond acceptors (Lipinski definition) is 3. The van der Waals surface area contributed by atoms with Crippen molar-refractivity contribution >= 4 is 40.8 Å². The Morgan fingerprint density at radius 1 is 1.32 bits per heavy atom. The number of nitrogens with zero attached hydrogens (tertiary/aromatic N) is 2. The number of carbonyl (C=O) groups excluding carboxylic acids is 1. The molecule has 3 rings (SSSR count). The first-order chi connectivity index (χ1) is 10.1. The van der Waals surface area contributed by atoms with Crippen LogP contribution < -0.4 is 11.0 Å². The fourth-order valence-electron chi connectivity index (χ4n) is 3.05. The molecule has 22 heavy (non-hydrogen) atoms. The summed E-state index contributed by atoms with van der Waals surface area (Å²) in [5, 5.41) is 3.87. The molecule has 120 valence electrons. The second kappa shape index (κ2) is 6.86. The van der Waals surface area contributed by atoms with Gasteiger partial charge in [0.1, 0.15) is 5.78 Å². The third-order valence-corrected chi connectivity index (χ3v) is 4.21. The monoisotopic (exact) mass is 343 g/mol. The molecule has 7 heteroatoms. The van der Waals surface area contributed by atoms with Gasteiger partial charge in [-0.3, -0.25) is 13.9 Å². The van der Waals surface area contributed by atoms with Crippen molar-refractivity contribution in [1.82, 2.24) is 14.5 Å². The summed E-state index contributed by atoms with van der Waals surface area (Å²) < 4.78 is 3.36. The van der Waals surface area contributed by atoms with Gasteiger partial charge in [0.05, 0.1) is 17.6 Å². The summed E-state index contributed by atoms with van der Waals surface area (Å²) >= 11 is 6.06. The van der Waals surface area contributed by atoms with Crippen LogP contribution in [0.3, 0.4) is 0 Å².